The lowest BCUT2D eigenvalue weighted by atomic mass is 9.82. The van der Waals surface area contributed by atoms with Crippen LogP contribution >= 0.6 is 27.7 Å². The van der Waals surface area contributed by atoms with Gasteiger partial charge in [-0.1, -0.05) is 34.6 Å². The fraction of sp³-hybridized carbons (Fsp3) is 0.476. The highest BCUT2D eigenvalue weighted by Crippen LogP contribution is 2.48. The summed E-state index contributed by atoms with van der Waals surface area (Å²) in [6.45, 7) is 3.82. The second-order valence-electron chi connectivity index (χ2n) is 7.78. The van der Waals surface area contributed by atoms with Crippen LogP contribution in [-0.2, 0) is 5.54 Å². The van der Waals surface area contributed by atoms with E-state index in [1.807, 2.05) is 12.1 Å². The minimum absolute atomic E-state index is 0.00638. The summed E-state index contributed by atoms with van der Waals surface area (Å²) in [4.78, 5) is 21.3. The zero-order valence-corrected chi connectivity index (χ0v) is 19.4. The number of hydrogen-bond donors (Lipinski definition) is 2. The van der Waals surface area contributed by atoms with Crippen LogP contribution in [0.2, 0.25) is 0 Å². The summed E-state index contributed by atoms with van der Waals surface area (Å²) in [5.74, 6) is 1.73. The van der Waals surface area contributed by atoms with E-state index in [0.717, 1.165) is 47.2 Å². The number of rotatable bonds is 6. The predicted molar refractivity (Wildman–Crippen MR) is 121 cm³/mol. The van der Waals surface area contributed by atoms with Gasteiger partial charge in [0.05, 0.1) is 5.69 Å². The molecule has 2 aromatic rings. The number of nitrogens with two attached hydrogens (primary N) is 1. The Hall–Kier alpha value is -2.00. The number of amides is 1. The summed E-state index contributed by atoms with van der Waals surface area (Å²) in [7, 11) is 0. The van der Waals surface area contributed by atoms with Crippen molar-refractivity contribution in [2.24, 2.45) is 10.7 Å². The van der Waals surface area contributed by atoms with Crippen LogP contribution in [0.25, 0.3) is 0 Å². The predicted octanol–water partition coefficient (Wildman–Crippen LogP) is 4.14. The molecule has 1 amide bonds. The second kappa shape index (κ2) is 8.63. The molecule has 1 spiro atoms. The molecule has 0 fully saturated rings. The maximum absolute atomic E-state index is 12.5. The fourth-order valence-electron chi connectivity index (χ4n) is 4.09. The van der Waals surface area contributed by atoms with Crippen LogP contribution in [0.3, 0.4) is 0 Å². The Morgan fingerprint density at radius 2 is 2.33 bits per heavy atom. The van der Waals surface area contributed by atoms with Crippen molar-refractivity contribution in [2.45, 2.75) is 57.2 Å². The topological polar surface area (TPSA) is 103 Å². The van der Waals surface area contributed by atoms with Crippen LogP contribution in [0, 0.1) is 6.92 Å². The number of fused-ring (bicyclic) bond motifs is 2. The van der Waals surface area contributed by atoms with Crippen molar-refractivity contribution in [2.75, 3.05) is 5.75 Å². The first-order valence-electron chi connectivity index (χ1n) is 10.1. The molecule has 3 heterocycles. The lowest BCUT2D eigenvalue weighted by molar-refractivity contribution is 0.0887. The molecule has 0 radical (unpaired) electrons. The van der Waals surface area contributed by atoms with Gasteiger partial charge in [0.25, 0.3) is 5.91 Å². The van der Waals surface area contributed by atoms with E-state index >= 15 is 0 Å². The maximum Gasteiger partial charge on any atom is 0.289 e. The maximum atomic E-state index is 12.5. The van der Waals surface area contributed by atoms with Gasteiger partial charge in [-0.2, -0.15) is 0 Å². The Kier molecular flexibility index (Phi) is 6.11. The molecule has 160 valence electrons. The highest BCUT2D eigenvalue weighted by atomic mass is 79.9. The molecule has 1 aromatic heterocycles. The fourth-order valence-corrected chi connectivity index (χ4v) is 5.41. The number of hydrogen-bond acceptors (Lipinski definition) is 7. The molecule has 0 saturated heterocycles. The first-order chi connectivity index (χ1) is 14.4. The number of aromatic nitrogens is 1. The van der Waals surface area contributed by atoms with Crippen molar-refractivity contribution in [3.63, 3.8) is 0 Å². The number of halogens is 1. The van der Waals surface area contributed by atoms with Gasteiger partial charge in [-0.3, -0.25) is 9.79 Å². The van der Waals surface area contributed by atoms with Gasteiger partial charge < -0.3 is 20.2 Å². The summed E-state index contributed by atoms with van der Waals surface area (Å²) in [6, 6.07) is 6.09. The number of amidine groups is 1. The smallest absolute Gasteiger partial charge is 0.289 e. The summed E-state index contributed by atoms with van der Waals surface area (Å²) in [5, 5.41) is 3.69. The van der Waals surface area contributed by atoms with E-state index < -0.39 is 0 Å². The zero-order valence-electron chi connectivity index (χ0n) is 17.0. The Balaban J connectivity index is 1.45. The molecular weight excluding hydrogens is 468 g/mol. The van der Waals surface area contributed by atoms with Crippen LogP contribution in [0.1, 0.15) is 54.4 Å². The molecular formula is C21H25BrN4O3S. The third-order valence-corrected chi connectivity index (χ3v) is 7.20. The molecule has 9 heteroatoms. The van der Waals surface area contributed by atoms with Crippen LogP contribution in [0.15, 0.2) is 38.5 Å². The van der Waals surface area contributed by atoms with Crippen LogP contribution in [0.5, 0.6) is 5.75 Å². The number of aliphatic imine (C=N–C) groups is 1. The lowest BCUT2D eigenvalue weighted by Gasteiger charge is -2.38. The normalized spacial score (nSPS) is 23.6. The molecule has 2 aliphatic heterocycles. The van der Waals surface area contributed by atoms with Crippen LogP contribution in [0.4, 0.5) is 0 Å². The number of oxazole rings is 1. The molecule has 0 aliphatic carbocycles. The van der Waals surface area contributed by atoms with Gasteiger partial charge >= 0.3 is 0 Å². The lowest BCUT2D eigenvalue weighted by Crippen LogP contribution is -2.40. The Labute approximate surface area is 188 Å². The van der Waals surface area contributed by atoms with E-state index in [1.165, 1.54) is 6.39 Å². The molecule has 30 heavy (non-hydrogen) atoms. The molecule has 1 aromatic carbocycles. The third-order valence-electron chi connectivity index (χ3n) is 5.70. The average molecular weight is 493 g/mol. The SMILES string of the molecule is CCC(CC[C@H]1CC2(CSC(N)=N2)c2cc(Br)ccc2O1)NC(=O)c1ocnc1C. The summed E-state index contributed by atoms with van der Waals surface area (Å²) in [6.07, 6.45) is 4.51. The third kappa shape index (κ3) is 4.23. The first kappa shape index (κ1) is 21.2. The van der Waals surface area contributed by atoms with Crippen molar-refractivity contribution in [3.8, 4) is 5.75 Å². The second-order valence-corrected chi connectivity index (χ2v) is 9.69. The highest BCUT2D eigenvalue weighted by molar-refractivity contribution is 9.10. The number of aryl methyl sites for hydroxylation is 1. The first-order valence-corrected chi connectivity index (χ1v) is 11.8. The minimum Gasteiger partial charge on any atom is -0.490 e. The van der Waals surface area contributed by atoms with E-state index in [-0.39, 0.29) is 29.4 Å². The van der Waals surface area contributed by atoms with Crippen LogP contribution < -0.4 is 15.8 Å². The van der Waals surface area contributed by atoms with Gasteiger partial charge in [-0.05, 0) is 44.4 Å². The Bertz CT molecular complexity index is 979. The minimum atomic E-state index is -0.349. The quantitative estimate of drug-likeness (QED) is 0.627. The Morgan fingerprint density at radius 3 is 3.00 bits per heavy atom. The molecule has 3 N–H and O–H groups in total. The van der Waals surface area contributed by atoms with Crippen LogP contribution in [-0.4, -0.2) is 34.0 Å². The van der Waals surface area contributed by atoms with Gasteiger partial charge in [0.15, 0.2) is 11.6 Å². The van der Waals surface area contributed by atoms with Gasteiger partial charge in [0.2, 0.25) is 5.76 Å². The molecule has 2 aliphatic rings. The molecule has 0 saturated carbocycles. The van der Waals surface area contributed by atoms with Gasteiger partial charge in [-0.15, -0.1) is 0 Å². The number of ether oxygens (including phenoxy) is 1. The van der Waals surface area contributed by atoms with Gasteiger partial charge in [0.1, 0.15) is 17.4 Å². The number of carbonyl (C=O) groups excluding carboxylic acids is 1. The number of nitrogens with one attached hydrogen (secondary N) is 1. The number of benzene rings is 1. The van der Waals surface area contributed by atoms with E-state index in [1.54, 1.807) is 18.7 Å². The largest absolute Gasteiger partial charge is 0.490 e. The van der Waals surface area contributed by atoms with Gasteiger partial charge in [-0.25, -0.2) is 4.98 Å². The number of nitrogens with zero attached hydrogens (tertiary/aromatic N) is 2. The molecule has 2 unspecified atom stereocenters. The van der Waals surface area contributed by atoms with Crippen molar-refractivity contribution in [3.05, 3.63) is 46.1 Å². The molecule has 3 atom stereocenters. The van der Waals surface area contributed by atoms with E-state index in [4.69, 9.17) is 19.9 Å². The highest BCUT2D eigenvalue weighted by Gasteiger charge is 2.45. The molecule has 0 bridgehead atoms. The molecule has 4 rings (SSSR count). The summed E-state index contributed by atoms with van der Waals surface area (Å²) >= 11 is 5.15. The van der Waals surface area contributed by atoms with Crippen molar-refractivity contribution < 1.29 is 13.9 Å². The van der Waals surface area contributed by atoms with E-state index in [2.05, 4.69) is 39.2 Å². The summed E-state index contributed by atoms with van der Waals surface area (Å²) < 4.78 is 12.5. The molecule has 7 nitrogen and oxygen atoms in total. The van der Waals surface area contributed by atoms with Gasteiger partial charge in [0, 0.05) is 28.3 Å². The summed E-state index contributed by atoms with van der Waals surface area (Å²) in [5.41, 5.74) is 7.37. The van der Waals surface area contributed by atoms with E-state index in [0.29, 0.717) is 10.9 Å². The average Bonchev–Trinajstić information content (AvgIpc) is 3.31. The monoisotopic (exact) mass is 492 g/mol. The van der Waals surface area contributed by atoms with Crippen molar-refractivity contribution in [1.82, 2.24) is 10.3 Å². The Morgan fingerprint density at radius 1 is 1.50 bits per heavy atom. The zero-order chi connectivity index (χ0) is 21.3. The number of thioether (sulfide) groups is 1. The number of carbonyl (C=O) groups is 1. The van der Waals surface area contributed by atoms with Crippen molar-refractivity contribution >= 4 is 38.8 Å². The van der Waals surface area contributed by atoms with Crippen molar-refractivity contribution in [1.29, 1.82) is 0 Å². The standard InChI is InChI=1S/C21H25BrN4O3S/c1-3-14(25-19(27)18-12(2)24-11-28-18)5-6-15-9-21(10-30-20(23)26-21)16-8-13(22)4-7-17(16)29-15/h4,7-8,11,14-15H,3,5-6,9-10H2,1-2H3,(H2,23,26)(H,25,27)/t14?,15-,21?/m0/s1. The van der Waals surface area contributed by atoms with E-state index in [9.17, 15) is 4.79 Å².